The average Bonchev–Trinajstić information content (AvgIpc) is 2.91. The van der Waals surface area contributed by atoms with E-state index in [0.717, 1.165) is 10.9 Å². The maximum atomic E-state index is 7.65. The molecule has 1 aromatic carbocycles. The Hall–Kier alpha value is -2.69. The van der Waals surface area contributed by atoms with Crippen LogP contribution in [0.15, 0.2) is 48.8 Å². The Morgan fingerprint density at radius 2 is 2.06 bits per heavy atom. The summed E-state index contributed by atoms with van der Waals surface area (Å²) in [4.78, 5) is 4.52. The van der Waals surface area contributed by atoms with E-state index in [1.165, 1.54) is 0 Å². The first-order valence-corrected chi connectivity index (χ1v) is 5.50. The Balaban J connectivity index is 2.34. The molecule has 0 radical (unpaired) electrons. The molecule has 0 atom stereocenters. The molecule has 5 heteroatoms. The van der Waals surface area contributed by atoms with Gasteiger partial charge in [-0.1, -0.05) is 18.2 Å². The molecule has 3 N–H and O–H groups in total. The lowest BCUT2D eigenvalue weighted by molar-refractivity contribution is 0.850. The Kier molecular flexibility index (Phi) is 2.30. The largest absolute Gasteiger partial charge is 0.384 e. The summed E-state index contributed by atoms with van der Waals surface area (Å²) in [6.45, 7) is 0. The summed E-state index contributed by atoms with van der Waals surface area (Å²) in [5.41, 5.74) is 7.05. The molecule has 0 spiro atoms. The second-order valence-electron chi connectivity index (χ2n) is 3.92. The van der Waals surface area contributed by atoms with Crippen LogP contribution >= 0.6 is 0 Å². The molecular formula is C13H11N5. The van der Waals surface area contributed by atoms with Gasteiger partial charge in [-0.3, -0.25) is 5.41 Å². The smallest absolute Gasteiger partial charge is 0.164 e. The zero-order valence-electron chi connectivity index (χ0n) is 9.54. The summed E-state index contributed by atoms with van der Waals surface area (Å²) in [5, 5.41) is 12.7. The van der Waals surface area contributed by atoms with Crippen molar-refractivity contribution in [1.29, 1.82) is 5.41 Å². The Morgan fingerprint density at radius 1 is 1.22 bits per heavy atom. The molecule has 0 aliphatic carbocycles. The van der Waals surface area contributed by atoms with Gasteiger partial charge in [0.15, 0.2) is 5.82 Å². The van der Waals surface area contributed by atoms with Gasteiger partial charge in [-0.25, -0.2) is 9.67 Å². The van der Waals surface area contributed by atoms with Crippen molar-refractivity contribution >= 4 is 16.7 Å². The van der Waals surface area contributed by atoms with Gasteiger partial charge < -0.3 is 5.73 Å². The second kappa shape index (κ2) is 3.96. The third kappa shape index (κ3) is 1.62. The number of nitrogens with zero attached hydrogens (tertiary/aromatic N) is 3. The minimum atomic E-state index is -0.0150. The van der Waals surface area contributed by atoms with Crippen molar-refractivity contribution in [2.24, 2.45) is 5.73 Å². The molecule has 18 heavy (non-hydrogen) atoms. The molecular weight excluding hydrogens is 226 g/mol. The number of hydrogen-bond acceptors (Lipinski definition) is 3. The van der Waals surface area contributed by atoms with Crippen LogP contribution in [-0.2, 0) is 0 Å². The van der Waals surface area contributed by atoms with E-state index in [4.69, 9.17) is 11.1 Å². The predicted molar refractivity (Wildman–Crippen MR) is 69.9 cm³/mol. The van der Waals surface area contributed by atoms with E-state index in [1.54, 1.807) is 23.1 Å². The third-order valence-corrected chi connectivity index (χ3v) is 2.72. The van der Waals surface area contributed by atoms with Gasteiger partial charge in [0, 0.05) is 17.8 Å². The first-order chi connectivity index (χ1) is 8.75. The van der Waals surface area contributed by atoms with Crippen LogP contribution in [0.2, 0.25) is 0 Å². The van der Waals surface area contributed by atoms with Crippen LogP contribution in [0.3, 0.4) is 0 Å². The molecule has 0 amide bonds. The number of pyridine rings is 1. The number of nitrogen functional groups attached to an aromatic ring is 1. The fraction of sp³-hybridized carbons (Fsp3) is 0. The average molecular weight is 237 g/mol. The van der Waals surface area contributed by atoms with Crippen molar-refractivity contribution in [3.8, 4) is 5.82 Å². The number of fused-ring (bicyclic) bond motifs is 1. The molecule has 0 bridgehead atoms. The maximum absolute atomic E-state index is 7.65. The number of benzene rings is 1. The van der Waals surface area contributed by atoms with Gasteiger partial charge in [0.05, 0.1) is 11.1 Å². The van der Waals surface area contributed by atoms with E-state index in [0.29, 0.717) is 11.4 Å². The lowest BCUT2D eigenvalue weighted by Crippen LogP contribution is -2.16. The van der Waals surface area contributed by atoms with E-state index < -0.39 is 0 Å². The third-order valence-electron chi connectivity index (χ3n) is 2.72. The topological polar surface area (TPSA) is 80.6 Å². The fourth-order valence-electron chi connectivity index (χ4n) is 1.87. The highest BCUT2D eigenvalue weighted by Gasteiger charge is 2.11. The summed E-state index contributed by atoms with van der Waals surface area (Å²) >= 11 is 0. The highest BCUT2D eigenvalue weighted by atomic mass is 15.3. The highest BCUT2D eigenvalue weighted by molar-refractivity contribution is 6.01. The number of hydrogen-bond donors (Lipinski definition) is 2. The van der Waals surface area contributed by atoms with Gasteiger partial charge in [0.25, 0.3) is 0 Å². The molecule has 0 saturated heterocycles. The molecule has 0 aliphatic rings. The molecule has 0 aliphatic heterocycles. The quantitative estimate of drug-likeness (QED) is 0.526. The standard InChI is InChI=1S/C13H11N5/c14-12(15)10-8-9-4-1-2-5-11(9)17-13(10)18-7-3-6-16-18/h1-8H,(H3,14,15). The van der Waals surface area contributed by atoms with Crippen LogP contribution in [0.25, 0.3) is 16.7 Å². The summed E-state index contributed by atoms with van der Waals surface area (Å²) < 4.78 is 1.61. The monoisotopic (exact) mass is 237 g/mol. The molecule has 0 fully saturated rings. The number of rotatable bonds is 2. The first kappa shape index (κ1) is 10.5. The lowest BCUT2D eigenvalue weighted by atomic mass is 10.1. The number of para-hydroxylation sites is 1. The van der Waals surface area contributed by atoms with Gasteiger partial charge in [0.2, 0.25) is 0 Å². The minimum absolute atomic E-state index is 0.0150. The SMILES string of the molecule is N=C(N)c1cc2ccccc2nc1-n1cccn1. The highest BCUT2D eigenvalue weighted by Crippen LogP contribution is 2.18. The Morgan fingerprint density at radius 3 is 2.78 bits per heavy atom. The number of aromatic nitrogens is 3. The molecule has 0 saturated carbocycles. The minimum Gasteiger partial charge on any atom is -0.384 e. The zero-order chi connectivity index (χ0) is 12.5. The molecule has 2 heterocycles. The van der Waals surface area contributed by atoms with Crippen LogP contribution in [0.5, 0.6) is 0 Å². The molecule has 5 nitrogen and oxygen atoms in total. The first-order valence-electron chi connectivity index (χ1n) is 5.50. The summed E-state index contributed by atoms with van der Waals surface area (Å²) in [6, 6.07) is 11.4. The van der Waals surface area contributed by atoms with Crippen molar-refractivity contribution < 1.29 is 0 Å². The summed E-state index contributed by atoms with van der Waals surface area (Å²) in [7, 11) is 0. The van der Waals surface area contributed by atoms with E-state index in [2.05, 4.69) is 10.1 Å². The van der Waals surface area contributed by atoms with Crippen molar-refractivity contribution in [1.82, 2.24) is 14.8 Å². The Labute approximate surface area is 103 Å². The zero-order valence-corrected chi connectivity index (χ0v) is 9.54. The summed E-state index contributed by atoms with van der Waals surface area (Å²) in [5.74, 6) is 0.560. The van der Waals surface area contributed by atoms with E-state index in [-0.39, 0.29) is 5.84 Å². The van der Waals surface area contributed by atoms with Gasteiger partial charge >= 0.3 is 0 Å². The van der Waals surface area contributed by atoms with Crippen molar-refractivity contribution in [2.75, 3.05) is 0 Å². The predicted octanol–water partition coefficient (Wildman–Crippen LogP) is 1.70. The molecule has 88 valence electrons. The van der Waals surface area contributed by atoms with Gasteiger partial charge in [-0.05, 0) is 18.2 Å². The van der Waals surface area contributed by atoms with Crippen molar-refractivity contribution in [3.63, 3.8) is 0 Å². The van der Waals surface area contributed by atoms with E-state index >= 15 is 0 Å². The molecule has 2 aromatic heterocycles. The molecule has 0 unspecified atom stereocenters. The van der Waals surface area contributed by atoms with Gasteiger partial charge in [-0.15, -0.1) is 0 Å². The number of amidine groups is 1. The molecule has 3 rings (SSSR count). The second-order valence-corrected chi connectivity index (χ2v) is 3.92. The van der Waals surface area contributed by atoms with Crippen LogP contribution < -0.4 is 5.73 Å². The van der Waals surface area contributed by atoms with E-state index in [9.17, 15) is 0 Å². The van der Waals surface area contributed by atoms with E-state index in [1.807, 2.05) is 30.3 Å². The van der Waals surface area contributed by atoms with Gasteiger partial charge in [-0.2, -0.15) is 5.10 Å². The van der Waals surface area contributed by atoms with Crippen molar-refractivity contribution in [3.05, 3.63) is 54.4 Å². The molecule has 3 aromatic rings. The number of nitrogens with one attached hydrogen (secondary N) is 1. The van der Waals surface area contributed by atoms with Crippen molar-refractivity contribution in [2.45, 2.75) is 0 Å². The number of nitrogens with two attached hydrogens (primary N) is 1. The maximum Gasteiger partial charge on any atom is 0.164 e. The van der Waals surface area contributed by atoms with Crippen LogP contribution in [-0.4, -0.2) is 20.6 Å². The Bertz CT molecular complexity index is 715. The summed E-state index contributed by atoms with van der Waals surface area (Å²) in [6.07, 6.45) is 3.45. The fourth-order valence-corrected chi connectivity index (χ4v) is 1.87. The van der Waals surface area contributed by atoms with Crippen LogP contribution in [0.4, 0.5) is 0 Å². The van der Waals surface area contributed by atoms with Crippen LogP contribution in [0.1, 0.15) is 5.56 Å². The normalized spacial score (nSPS) is 10.7. The van der Waals surface area contributed by atoms with Gasteiger partial charge in [0.1, 0.15) is 5.84 Å². The van der Waals surface area contributed by atoms with Crippen LogP contribution in [0, 0.1) is 5.41 Å². The lowest BCUT2D eigenvalue weighted by Gasteiger charge is -2.09.